The van der Waals surface area contributed by atoms with Crippen LogP contribution in [0.5, 0.6) is 0 Å². The zero-order chi connectivity index (χ0) is 13.5. The largest absolute Gasteiger partial charge is 0.352 e. The van der Waals surface area contributed by atoms with Gasteiger partial charge in [0, 0.05) is 18.4 Å². The molecule has 1 heterocycles. The molecule has 1 unspecified atom stereocenters. The fourth-order valence-corrected chi connectivity index (χ4v) is 1.62. The van der Waals surface area contributed by atoms with Crippen molar-refractivity contribution in [1.82, 2.24) is 20.4 Å². The van der Waals surface area contributed by atoms with Crippen LogP contribution in [0.15, 0.2) is 18.5 Å². The smallest absolute Gasteiger partial charge is 0.245 e. The number of carbonyl (C=O) groups excluding carboxylic acids is 2. The summed E-state index contributed by atoms with van der Waals surface area (Å²) in [6, 6.07) is 1.47. The Labute approximate surface area is 107 Å². The van der Waals surface area contributed by atoms with Gasteiger partial charge in [0.15, 0.2) is 0 Å². The van der Waals surface area contributed by atoms with Crippen LogP contribution in [0.4, 0.5) is 0 Å². The lowest BCUT2D eigenvalue weighted by atomic mass is 10.2. The number of carbonyl (C=O) groups is 2. The van der Waals surface area contributed by atoms with Crippen molar-refractivity contribution < 1.29 is 9.59 Å². The molecule has 1 rings (SSSR count). The molecule has 6 nitrogen and oxygen atoms in total. The van der Waals surface area contributed by atoms with Gasteiger partial charge >= 0.3 is 0 Å². The Balaban J connectivity index is 2.46. The van der Waals surface area contributed by atoms with Crippen LogP contribution in [-0.2, 0) is 9.59 Å². The van der Waals surface area contributed by atoms with Crippen LogP contribution in [0, 0.1) is 0 Å². The maximum atomic E-state index is 11.9. The maximum Gasteiger partial charge on any atom is 0.245 e. The van der Waals surface area contributed by atoms with E-state index in [1.165, 1.54) is 0 Å². The summed E-state index contributed by atoms with van der Waals surface area (Å²) in [5, 5.41) is 9.37. The van der Waals surface area contributed by atoms with E-state index in [9.17, 15) is 9.59 Å². The summed E-state index contributed by atoms with van der Waals surface area (Å²) in [6.45, 7) is 5.64. The monoisotopic (exact) mass is 252 g/mol. The van der Waals surface area contributed by atoms with E-state index in [4.69, 9.17) is 0 Å². The van der Waals surface area contributed by atoms with Crippen LogP contribution in [0.25, 0.3) is 0 Å². The molecule has 2 amide bonds. The second kappa shape index (κ2) is 6.78. The molecule has 0 radical (unpaired) electrons. The Kier molecular flexibility index (Phi) is 5.35. The molecule has 0 saturated carbocycles. The molecule has 0 spiro atoms. The molecular formula is C12H20N4O2. The molecule has 0 aliphatic rings. The quantitative estimate of drug-likeness (QED) is 0.773. The van der Waals surface area contributed by atoms with Crippen LogP contribution < -0.4 is 10.6 Å². The molecule has 100 valence electrons. The van der Waals surface area contributed by atoms with Crippen molar-refractivity contribution in [2.75, 3.05) is 6.54 Å². The van der Waals surface area contributed by atoms with Gasteiger partial charge in [-0.2, -0.15) is 5.10 Å². The number of nitrogens with zero attached hydrogens (tertiary/aromatic N) is 2. The SMILES string of the molecule is CCC(C(=O)NCC(=O)NC(C)C)n1cccn1. The highest BCUT2D eigenvalue weighted by molar-refractivity contribution is 5.86. The van der Waals surface area contributed by atoms with Crippen LogP contribution in [0.2, 0.25) is 0 Å². The topological polar surface area (TPSA) is 76.0 Å². The van der Waals surface area contributed by atoms with Crippen LogP contribution >= 0.6 is 0 Å². The summed E-state index contributed by atoms with van der Waals surface area (Å²) < 4.78 is 1.59. The van der Waals surface area contributed by atoms with Gasteiger partial charge in [0.25, 0.3) is 0 Å². The summed E-state index contributed by atoms with van der Waals surface area (Å²) in [6.07, 6.45) is 3.99. The molecule has 1 aromatic rings. The number of rotatable bonds is 6. The van der Waals surface area contributed by atoms with Gasteiger partial charge in [-0.15, -0.1) is 0 Å². The molecule has 0 fully saturated rings. The summed E-state index contributed by atoms with van der Waals surface area (Å²) in [4.78, 5) is 23.3. The molecule has 0 aliphatic carbocycles. The van der Waals surface area contributed by atoms with E-state index in [2.05, 4.69) is 15.7 Å². The highest BCUT2D eigenvalue weighted by Crippen LogP contribution is 2.08. The zero-order valence-electron chi connectivity index (χ0n) is 11.0. The first-order valence-electron chi connectivity index (χ1n) is 6.10. The molecule has 0 bridgehead atoms. The first-order valence-corrected chi connectivity index (χ1v) is 6.10. The van der Waals surface area contributed by atoms with E-state index >= 15 is 0 Å². The third-order valence-corrected chi connectivity index (χ3v) is 2.41. The van der Waals surface area contributed by atoms with Crippen molar-refractivity contribution in [3.05, 3.63) is 18.5 Å². The van der Waals surface area contributed by atoms with Crippen LogP contribution in [0.1, 0.15) is 33.2 Å². The van der Waals surface area contributed by atoms with Crippen molar-refractivity contribution in [3.8, 4) is 0 Å². The molecule has 6 heteroatoms. The van der Waals surface area contributed by atoms with E-state index in [1.807, 2.05) is 20.8 Å². The third kappa shape index (κ3) is 4.20. The van der Waals surface area contributed by atoms with Gasteiger partial charge in [-0.3, -0.25) is 14.3 Å². The highest BCUT2D eigenvalue weighted by Gasteiger charge is 2.18. The first kappa shape index (κ1) is 14.2. The Bertz CT molecular complexity index is 387. The predicted octanol–water partition coefficient (Wildman–Crippen LogP) is 0.475. The van der Waals surface area contributed by atoms with Crippen LogP contribution in [-0.4, -0.2) is 34.2 Å². The maximum absolute atomic E-state index is 11.9. The lowest BCUT2D eigenvalue weighted by Gasteiger charge is -2.15. The fourth-order valence-electron chi connectivity index (χ4n) is 1.62. The molecule has 1 atom stereocenters. The summed E-state index contributed by atoms with van der Waals surface area (Å²) in [5.74, 6) is -0.381. The lowest BCUT2D eigenvalue weighted by molar-refractivity contribution is -0.128. The minimum Gasteiger partial charge on any atom is -0.352 e. The second-order valence-electron chi connectivity index (χ2n) is 4.35. The average Bonchev–Trinajstić information content (AvgIpc) is 2.80. The number of aromatic nitrogens is 2. The van der Waals surface area contributed by atoms with E-state index < -0.39 is 0 Å². The van der Waals surface area contributed by atoms with Crippen molar-refractivity contribution >= 4 is 11.8 Å². The lowest BCUT2D eigenvalue weighted by Crippen LogP contribution is -2.42. The van der Waals surface area contributed by atoms with Crippen molar-refractivity contribution in [3.63, 3.8) is 0 Å². The summed E-state index contributed by atoms with van der Waals surface area (Å²) in [5.41, 5.74) is 0. The van der Waals surface area contributed by atoms with Gasteiger partial charge in [0.1, 0.15) is 6.04 Å². The van der Waals surface area contributed by atoms with Crippen molar-refractivity contribution in [2.45, 2.75) is 39.3 Å². The van der Waals surface area contributed by atoms with Gasteiger partial charge in [0.2, 0.25) is 11.8 Å². The van der Waals surface area contributed by atoms with Gasteiger partial charge < -0.3 is 10.6 Å². The molecular weight excluding hydrogens is 232 g/mol. The average molecular weight is 252 g/mol. The van der Waals surface area contributed by atoms with E-state index in [-0.39, 0.29) is 30.4 Å². The fraction of sp³-hybridized carbons (Fsp3) is 0.583. The Morgan fingerprint density at radius 3 is 2.61 bits per heavy atom. The molecule has 2 N–H and O–H groups in total. The first-order chi connectivity index (χ1) is 8.54. The van der Waals surface area contributed by atoms with Gasteiger partial charge in [-0.05, 0) is 26.3 Å². The zero-order valence-corrected chi connectivity index (χ0v) is 11.0. The minimum absolute atomic E-state index is 0.00518. The van der Waals surface area contributed by atoms with Gasteiger partial charge in [0.05, 0.1) is 6.54 Å². The molecule has 0 aliphatic heterocycles. The van der Waals surface area contributed by atoms with Gasteiger partial charge in [-0.1, -0.05) is 6.92 Å². The molecule has 1 aromatic heterocycles. The number of hydrogen-bond acceptors (Lipinski definition) is 3. The predicted molar refractivity (Wildman–Crippen MR) is 67.8 cm³/mol. The third-order valence-electron chi connectivity index (χ3n) is 2.41. The van der Waals surface area contributed by atoms with Crippen molar-refractivity contribution in [1.29, 1.82) is 0 Å². The molecule has 0 aromatic carbocycles. The van der Waals surface area contributed by atoms with Crippen LogP contribution in [0.3, 0.4) is 0 Å². The van der Waals surface area contributed by atoms with E-state index in [0.717, 1.165) is 0 Å². The van der Waals surface area contributed by atoms with E-state index in [1.54, 1.807) is 23.1 Å². The molecule has 0 saturated heterocycles. The highest BCUT2D eigenvalue weighted by atomic mass is 16.2. The normalized spacial score (nSPS) is 12.2. The van der Waals surface area contributed by atoms with Gasteiger partial charge in [-0.25, -0.2) is 0 Å². The molecule has 18 heavy (non-hydrogen) atoms. The summed E-state index contributed by atoms with van der Waals surface area (Å²) in [7, 11) is 0. The number of hydrogen-bond donors (Lipinski definition) is 2. The second-order valence-corrected chi connectivity index (χ2v) is 4.35. The Morgan fingerprint density at radius 2 is 2.11 bits per heavy atom. The van der Waals surface area contributed by atoms with E-state index in [0.29, 0.717) is 6.42 Å². The van der Waals surface area contributed by atoms with Crippen molar-refractivity contribution in [2.24, 2.45) is 0 Å². The minimum atomic E-state index is -0.369. The number of nitrogens with one attached hydrogen (secondary N) is 2. The standard InChI is InChI=1S/C12H20N4O2/c1-4-10(16-7-5-6-14-16)12(18)13-8-11(17)15-9(2)3/h5-7,9-10H,4,8H2,1-3H3,(H,13,18)(H,15,17). The Morgan fingerprint density at radius 1 is 1.39 bits per heavy atom. The Hall–Kier alpha value is -1.85. The summed E-state index contributed by atoms with van der Waals surface area (Å²) >= 11 is 0. The number of amides is 2.